The molecule has 118 valence electrons. The molecule has 1 saturated heterocycles. The maximum absolute atomic E-state index is 6.01. The number of nitrogens with two attached hydrogens (primary N) is 1. The summed E-state index contributed by atoms with van der Waals surface area (Å²) in [6.07, 6.45) is 0. The van der Waals surface area contributed by atoms with Crippen molar-refractivity contribution in [1.82, 2.24) is 9.97 Å². The van der Waals surface area contributed by atoms with E-state index in [9.17, 15) is 0 Å². The highest BCUT2D eigenvalue weighted by atomic mass is 16.5. The summed E-state index contributed by atoms with van der Waals surface area (Å²) < 4.78 is 5.36. The maximum atomic E-state index is 6.01. The van der Waals surface area contributed by atoms with Crippen molar-refractivity contribution in [3.63, 3.8) is 0 Å². The summed E-state index contributed by atoms with van der Waals surface area (Å²) in [5.41, 5.74) is 7.09. The molecule has 0 saturated carbocycles. The Labute approximate surface area is 131 Å². The monoisotopic (exact) mass is 300 g/mol. The van der Waals surface area contributed by atoms with Gasteiger partial charge in [0.25, 0.3) is 0 Å². The van der Waals surface area contributed by atoms with Crippen LogP contribution in [0.15, 0.2) is 18.2 Å². The minimum absolute atomic E-state index is 0.129. The topological polar surface area (TPSA) is 64.3 Å². The van der Waals surface area contributed by atoms with Gasteiger partial charge in [-0.2, -0.15) is 0 Å². The molecule has 3 rings (SSSR count). The molecule has 5 heteroatoms. The van der Waals surface area contributed by atoms with Gasteiger partial charge in [-0.25, -0.2) is 9.97 Å². The quantitative estimate of drug-likeness (QED) is 0.942. The number of methoxy groups -OCH3 is 1. The van der Waals surface area contributed by atoms with Gasteiger partial charge in [-0.3, -0.25) is 0 Å². The van der Waals surface area contributed by atoms with E-state index in [0.29, 0.717) is 12.5 Å². The van der Waals surface area contributed by atoms with Crippen molar-refractivity contribution >= 4 is 16.7 Å². The molecule has 2 atom stereocenters. The van der Waals surface area contributed by atoms with Crippen LogP contribution >= 0.6 is 0 Å². The van der Waals surface area contributed by atoms with Crippen LogP contribution in [0.3, 0.4) is 0 Å². The molecule has 1 aliphatic rings. The highest BCUT2D eigenvalue weighted by Crippen LogP contribution is 2.38. The zero-order valence-corrected chi connectivity index (χ0v) is 13.8. The van der Waals surface area contributed by atoms with Gasteiger partial charge in [0.15, 0.2) is 0 Å². The number of benzene rings is 1. The Hall–Kier alpha value is -1.88. The second-order valence-electron chi connectivity index (χ2n) is 6.62. The van der Waals surface area contributed by atoms with Crippen LogP contribution in [0.25, 0.3) is 10.9 Å². The van der Waals surface area contributed by atoms with Crippen molar-refractivity contribution in [1.29, 1.82) is 0 Å². The average molecular weight is 300 g/mol. The number of hydrogen-bond acceptors (Lipinski definition) is 5. The van der Waals surface area contributed by atoms with Crippen LogP contribution < -0.4 is 15.4 Å². The van der Waals surface area contributed by atoms with Crippen LogP contribution in [-0.4, -0.2) is 36.7 Å². The molecule has 0 radical (unpaired) electrons. The first kappa shape index (κ1) is 15.0. The molecule has 5 nitrogen and oxygen atoms in total. The van der Waals surface area contributed by atoms with Crippen LogP contribution in [-0.2, 0) is 0 Å². The molecule has 0 aliphatic carbocycles. The number of hydrogen-bond donors (Lipinski definition) is 1. The van der Waals surface area contributed by atoms with Crippen molar-refractivity contribution in [2.24, 2.45) is 17.1 Å². The first-order valence-electron chi connectivity index (χ1n) is 7.74. The van der Waals surface area contributed by atoms with Crippen molar-refractivity contribution < 1.29 is 4.74 Å². The molecule has 0 amide bonds. The summed E-state index contributed by atoms with van der Waals surface area (Å²) in [5, 5.41) is 1.04. The van der Waals surface area contributed by atoms with Crippen LogP contribution in [0.2, 0.25) is 0 Å². The first-order chi connectivity index (χ1) is 10.5. The Balaban J connectivity index is 2.10. The molecule has 0 spiro atoms. The molecule has 1 fully saturated rings. The summed E-state index contributed by atoms with van der Waals surface area (Å²) in [7, 11) is 1.68. The third-order valence-corrected chi connectivity index (χ3v) is 5.00. The molecule has 2 aromatic rings. The van der Waals surface area contributed by atoms with Crippen LogP contribution in [0.1, 0.15) is 19.7 Å². The van der Waals surface area contributed by atoms with E-state index in [0.717, 1.165) is 41.4 Å². The van der Waals surface area contributed by atoms with Gasteiger partial charge in [0, 0.05) is 23.9 Å². The minimum Gasteiger partial charge on any atom is -0.497 e. The van der Waals surface area contributed by atoms with E-state index in [1.165, 1.54) is 0 Å². The highest BCUT2D eigenvalue weighted by molar-refractivity contribution is 5.90. The Morgan fingerprint density at radius 2 is 2.18 bits per heavy atom. The van der Waals surface area contributed by atoms with Crippen molar-refractivity contribution in [2.45, 2.75) is 20.8 Å². The number of aryl methyl sites for hydroxylation is 1. The summed E-state index contributed by atoms with van der Waals surface area (Å²) >= 11 is 0. The van der Waals surface area contributed by atoms with E-state index in [2.05, 4.69) is 23.7 Å². The van der Waals surface area contributed by atoms with E-state index in [4.69, 9.17) is 15.5 Å². The lowest BCUT2D eigenvalue weighted by Gasteiger charge is -2.26. The smallest absolute Gasteiger partial charge is 0.140 e. The summed E-state index contributed by atoms with van der Waals surface area (Å²) in [6, 6.07) is 5.95. The predicted octanol–water partition coefficient (Wildman–Crippen LogP) is 2.37. The van der Waals surface area contributed by atoms with Crippen LogP contribution in [0, 0.1) is 18.3 Å². The number of fused-ring (bicyclic) bond motifs is 1. The van der Waals surface area contributed by atoms with E-state index >= 15 is 0 Å². The molecule has 2 N–H and O–H groups in total. The zero-order valence-electron chi connectivity index (χ0n) is 13.8. The van der Waals surface area contributed by atoms with Gasteiger partial charge in [-0.15, -0.1) is 0 Å². The van der Waals surface area contributed by atoms with E-state index in [1.54, 1.807) is 7.11 Å². The normalized spacial score (nSPS) is 25.0. The molecule has 1 aliphatic heterocycles. The fraction of sp³-hybridized carbons (Fsp3) is 0.529. The molecule has 22 heavy (non-hydrogen) atoms. The van der Waals surface area contributed by atoms with Crippen molar-refractivity contribution in [3.05, 3.63) is 24.0 Å². The van der Waals surface area contributed by atoms with Gasteiger partial charge >= 0.3 is 0 Å². The van der Waals surface area contributed by atoms with Crippen molar-refractivity contribution in [3.8, 4) is 5.75 Å². The molecule has 0 unspecified atom stereocenters. The molecule has 1 aromatic heterocycles. The second kappa shape index (κ2) is 5.39. The predicted molar refractivity (Wildman–Crippen MR) is 89.4 cm³/mol. The fourth-order valence-corrected chi connectivity index (χ4v) is 3.21. The van der Waals surface area contributed by atoms with E-state index in [-0.39, 0.29) is 5.41 Å². The number of aromatic nitrogens is 2. The summed E-state index contributed by atoms with van der Waals surface area (Å²) in [5.74, 6) is 3.15. The van der Waals surface area contributed by atoms with Crippen LogP contribution in [0.5, 0.6) is 5.75 Å². The van der Waals surface area contributed by atoms with Crippen molar-refractivity contribution in [2.75, 3.05) is 31.6 Å². The van der Waals surface area contributed by atoms with Crippen LogP contribution in [0.4, 0.5) is 5.82 Å². The Bertz CT molecular complexity index is 702. The highest BCUT2D eigenvalue weighted by Gasteiger charge is 2.40. The average Bonchev–Trinajstić information content (AvgIpc) is 2.82. The Kier molecular flexibility index (Phi) is 3.68. The molecule has 2 heterocycles. The third-order valence-electron chi connectivity index (χ3n) is 5.00. The number of nitrogens with zero attached hydrogens (tertiary/aromatic N) is 3. The summed E-state index contributed by atoms with van der Waals surface area (Å²) in [4.78, 5) is 11.6. The van der Waals surface area contributed by atoms with E-state index < -0.39 is 0 Å². The minimum atomic E-state index is 0.129. The molecule has 1 aromatic carbocycles. The van der Waals surface area contributed by atoms with Gasteiger partial charge in [-0.1, -0.05) is 13.8 Å². The lowest BCUT2D eigenvalue weighted by Crippen LogP contribution is -2.34. The number of rotatable bonds is 3. The second-order valence-corrected chi connectivity index (χ2v) is 6.62. The third kappa shape index (κ3) is 2.39. The zero-order chi connectivity index (χ0) is 15.9. The molecular weight excluding hydrogens is 276 g/mol. The SMILES string of the molecule is COc1ccc2nc(C)nc(N3C[C@@H](C)[C@](C)(CN)C3)c2c1. The van der Waals surface area contributed by atoms with Gasteiger partial charge < -0.3 is 15.4 Å². The number of anilines is 1. The largest absolute Gasteiger partial charge is 0.497 e. The standard InChI is InChI=1S/C17H24N4O/c1-11-8-21(10-17(11,3)9-18)16-14-7-13(22-4)5-6-15(14)19-12(2)20-16/h5-7,11H,8-10,18H2,1-4H3/t11-,17-/m1/s1. The lowest BCUT2D eigenvalue weighted by atomic mass is 9.81. The Morgan fingerprint density at radius 1 is 1.41 bits per heavy atom. The molecule has 0 bridgehead atoms. The fourth-order valence-electron chi connectivity index (χ4n) is 3.21. The van der Waals surface area contributed by atoms with Gasteiger partial charge in [0.05, 0.1) is 12.6 Å². The maximum Gasteiger partial charge on any atom is 0.140 e. The lowest BCUT2D eigenvalue weighted by molar-refractivity contribution is 0.287. The van der Waals surface area contributed by atoms with E-state index in [1.807, 2.05) is 25.1 Å². The van der Waals surface area contributed by atoms with Gasteiger partial charge in [0.1, 0.15) is 17.4 Å². The Morgan fingerprint density at radius 3 is 2.82 bits per heavy atom. The van der Waals surface area contributed by atoms with Gasteiger partial charge in [-0.05, 0) is 37.6 Å². The van der Waals surface area contributed by atoms with Gasteiger partial charge in [0.2, 0.25) is 0 Å². The number of ether oxygens (including phenoxy) is 1. The summed E-state index contributed by atoms with van der Waals surface area (Å²) in [6.45, 7) is 9.05. The molecular formula is C17H24N4O. The first-order valence-corrected chi connectivity index (χ1v) is 7.74.